The number of sulfonamides is 1. The molecule has 20 heavy (non-hydrogen) atoms. The van der Waals surface area contributed by atoms with Crippen molar-refractivity contribution in [3.05, 3.63) is 53.3 Å². The Morgan fingerprint density at radius 1 is 1.30 bits per heavy atom. The van der Waals surface area contributed by atoms with Crippen LogP contribution in [0, 0.1) is 0 Å². The summed E-state index contributed by atoms with van der Waals surface area (Å²) in [5.41, 5.74) is 6.44. The fraction of sp³-hybridized carbons (Fsp3) is 0.154. The summed E-state index contributed by atoms with van der Waals surface area (Å²) < 4.78 is 27.1. The van der Waals surface area contributed by atoms with Gasteiger partial charge in [-0.3, -0.25) is 4.98 Å². The Morgan fingerprint density at radius 2 is 2.05 bits per heavy atom. The molecule has 3 N–H and O–H groups in total. The van der Waals surface area contributed by atoms with Crippen molar-refractivity contribution in [3.63, 3.8) is 0 Å². The number of rotatable bonds is 4. The van der Waals surface area contributed by atoms with Crippen LogP contribution in [0.5, 0.6) is 0 Å². The molecule has 1 aromatic carbocycles. The molecule has 2 rings (SSSR count). The highest BCUT2D eigenvalue weighted by atomic mass is 35.5. The summed E-state index contributed by atoms with van der Waals surface area (Å²) in [7, 11) is -3.73. The molecule has 2 aromatic rings. The number of nitrogen functional groups attached to an aromatic ring is 1. The zero-order chi connectivity index (χ0) is 14.8. The largest absolute Gasteiger partial charge is 0.398 e. The third-order valence-electron chi connectivity index (χ3n) is 2.72. The molecule has 0 aliphatic rings. The molecule has 0 aliphatic heterocycles. The van der Waals surface area contributed by atoms with E-state index >= 15 is 0 Å². The van der Waals surface area contributed by atoms with Gasteiger partial charge in [0.15, 0.2) is 0 Å². The lowest BCUT2D eigenvalue weighted by Crippen LogP contribution is -2.28. The Morgan fingerprint density at radius 3 is 2.65 bits per heavy atom. The first-order valence-electron chi connectivity index (χ1n) is 5.88. The Hall–Kier alpha value is -1.63. The van der Waals surface area contributed by atoms with E-state index in [1.807, 2.05) is 0 Å². The molecule has 0 fully saturated rings. The molecule has 0 aliphatic carbocycles. The van der Waals surface area contributed by atoms with Gasteiger partial charge in [0, 0.05) is 11.2 Å². The van der Waals surface area contributed by atoms with Crippen LogP contribution >= 0.6 is 11.6 Å². The lowest BCUT2D eigenvalue weighted by atomic mass is 10.2. The van der Waals surface area contributed by atoms with Gasteiger partial charge in [-0.2, -0.15) is 0 Å². The topological polar surface area (TPSA) is 85.1 Å². The maximum absolute atomic E-state index is 12.3. The minimum absolute atomic E-state index is 0.00433. The molecule has 1 unspecified atom stereocenters. The van der Waals surface area contributed by atoms with E-state index in [2.05, 4.69) is 9.71 Å². The van der Waals surface area contributed by atoms with Crippen LogP contribution in [0.2, 0.25) is 5.02 Å². The van der Waals surface area contributed by atoms with Crippen LogP contribution in [0.4, 0.5) is 5.69 Å². The lowest BCUT2D eigenvalue weighted by molar-refractivity contribution is 0.564. The summed E-state index contributed by atoms with van der Waals surface area (Å²) in [6, 6.07) is 9.12. The smallest absolute Gasteiger partial charge is 0.243 e. The quantitative estimate of drug-likeness (QED) is 0.849. The second kappa shape index (κ2) is 5.78. The number of aromatic nitrogens is 1. The molecule has 0 amide bonds. The summed E-state index contributed by atoms with van der Waals surface area (Å²) in [5, 5.41) is 0.388. The summed E-state index contributed by atoms with van der Waals surface area (Å²) in [4.78, 5) is 4.12. The van der Waals surface area contributed by atoms with E-state index in [0.717, 1.165) is 0 Å². The molecular formula is C13H14ClN3O2S. The number of hydrogen-bond acceptors (Lipinski definition) is 4. The van der Waals surface area contributed by atoms with Crippen molar-refractivity contribution in [2.24, 2.45) is 0 Å². The zero-order valence-corrected chi connectivity index (χ0v) is 12.3. The number of halogens is 1. The number of pyridine rings is 1. The van der Waals surface area contributed by atoms with Gasteiger partial charge in [-0.25, -0.2) is 13.1 Å². The first kappa shape index (κ1) is 14.8. The average Bonchev–Trinajstić information content (AvgIpc) is 2.38. The molecule has 106 valence electrons. The minimum Gasteiger partial charge on any atom is -0.398 e. The van der Waals surface area contributed by atoms with E-state index in [0.29, 0.717) is 10.7 Å². The minimum atomic E-state index is -3.73. The van der Waals surface area contributed by atoms with Crippen LogP contribution in [-0.4, -0.2) is 13.4 Å². The number of nitrogens with one attached hydrogen (secondary N) is 1. The van der Waals surface area contributed by atoms with Crippen molar-refractivity contribution in [1.82, 2.24) is 9.71 Å². The summed E-state index contributed by atoms with van der Waals surface area (Å²) in [6.45, 7) is 1.71. The van der Waals surface area contributed by atoms with Crippen molar-refractivity contribution in [1.29, 1.82) is 0 Å². The van der Waals surface area contributed by atoms with Gasteiger partial charge in [0.25, 0.3) is 0 Å². The zero-order valence-electron chi connectivity index (χ0n) is 10.7. The van der Waals surface area contributed by atoms with Crippen LogP contribution in [-0.2, 0) is 10.0 Å². The van der Waals surface area contributed by atoms with Crippen LogP contribution in [0.25, 0.3) is 0 Å². The SMILES string of the molecule is CC(NS(=O)(=O)c1ccc(Cl)cc1N)c1ccccn1. The second-order valence-electron chi connectivity index (χ2n) is 4.28. The van der Waals surface area contributed by atoms with Gasteiger partial charge < -0.3 is 5.73 Å². The summed E-state index contributed by atoms with van der Waals surface area (Å²) >= 11 is 5.76. The Labute approximate surface area is 122 Å². The molecule has 7 heteroatoms. The molecule has 0 bridgehead atoms. The van der Waals surface area contributed by atoms with Crippen molar-refractivity contribution in [3.8, 4) is 0 Å². The first-order valence-corrected chi connectivity index (χ1v) is 7.74. The fourth-order valence-electron chi connectivity index (χ4n) is 1.75. The average molecular weight is 312 g/mol. The third-order valence-corrected chi connectivity index (χ3v) is 4.57. The van der Waals surface area contributed by atoms with E-state index in [9.17, 15) is 8.42 Å². The molecule has 1 aromatic heterocycles. The number of benzene rings is 1. The van der Waals surface area contributed by atoms with Crippen molar-refractivity contribution < 1.29 is 8.42 Å². The van der Waals surface area contributed by atoms with Crippen LogP contribution in [0.1, 0.15) is 18.7 Å². The Balaban J connectivity index is 2.28. The molecule has 1 heterocycles. The standard InChI is InChI=1S/C13H14ClN3O2S/c1-9(12-4-2-3-7-16-12)17-20(18,19)13-6-5-10(14)8-11(13)15/h2-9,17H,15H2,1H3. The fourth-order valence-corrected chi connectivity index (χ4v) is 3.26. The monoisotopic (exact) mass is 311 g/mol. The lowest BCUT2D eigenvalue weighted by Gasteiger charge is -2.14. The van der Waals surface area contributed by atoms with Crippen LogP contribution in [0.3, 0.4) is 0 Å². The van der Waals surface area contributed by atoms with Gasteiger partial charge in [0.05, 0.1) is 17.4 Å². The summed E-state index contributed by atoms with van der Waals surface area (Å²) in [6.07, 6.45) is 1.61. The summed E-state index contributed by atoms with van der Waals surface area (Å²) in [5.74, 6) is 0. The van der Waals surface area contributed by atoms with Crippen molar-refractivity contribution in [2.45, 2.75) is 17.9 Å². The van der Waals surface area contributed by atoms with Gasteiger partial charge in [0.1, 0.15) is 4.90 Å². The normalized spacial score (nSPS) is 13.1. The van der Waals surface area contributed by atoms with Crippen molar-refractivity contribution >= 4 is 27.3 Å². The third kappa shape index (κ3) is 3.27. The molecule has 0 saturated heterocycles. The maximum Gasteiger partial charge on any atom is 0.243 e. The van der Waals surface area contributed by atoms with Crippen molar-refractivity contribution in [2.75, 3.05) is 5.73 Å². The van der Waals surface area contributed by atoms with Crippen LogP contribution < -0.4 is 10.5 Å². The highest BCUT2D eigenvalue weighted by Gasteiger charge is 2.21. The highest BCUT2D eigenvalue weighted by molar-refractivity contribution is 7.89. The Bertz CT molecular complexity index is 705. The van der Waals surface area contributed by atoms with Gasteiger partial charge >= 0.3 is 0 Å². The van der Waals surface area contributed by atoms with Gasteiger partial charge in [-0.1, -0.05) is 17.7 Å². The Kier molecular flexibility index (Phi) is 4.27. The van der Waals surface area contributed by atoms with E-state index in [4.69, 9.17) is 17.3 Å². The molecule has 5 nitrogen and oxygen atoms in total. The number of hydrogen-bond donors (Lipinski definition) is 2. The molecule has 1 atom stereocenters. The maximum atomic E-state index is 12.3. The predicted molar refractivity (Wildman–Crippen MR) is 78.8 cm³/mol. The van der Waals surface area contributed by atoms with Crippen LogP contribution in [0.15, 0.2) is 47.5 Å². The van der Waals surface area contributed by atoms with E-state index < -0.39 is 16.1 Å². The van der Waals surface area contributed by atoms with Gasteiger partial charge in [0.2, 0.25) is 10.0 Å². The number of nitrogens with two attached hydrogens (primary N) is 1. The highest BCUT2D eigenvalue weighted by Crippen LogP contribution is 2.23. The molecular weight excluding hydrogens is 298 g/mol. The number of nitrogens with zero attached hydrogens (tertiary/aromatic N) is 1. The second-order valence-corrected chi connectivity index (χ2v) is 6.40. The van der Waals surface area contributed by atoms with Gasteiger partial charge in [-0.15, -0.1) is 0 Å². The predicted octanol–water partition coefficient (Wildman–Crippen LogP) is 2.36. The first-order chi connectivity index (χ1) is 9.40. The van der Waals surface area contributed by atoms with E-state index in [1.54, 1.807) is 31.3 Å². The van der Waals surface area contributed by atoms with Gasteiger partial charge in [-0.05, 0) is 37.3 Å². The molecule has 0 radical (unpaired) electrons. The molecule has 0 spiro atoms. The number of anilines is 1. The van der Waals surface area contributed by atoms with E-state index in [1.165, 1.54) is 18.2 Å². The van der Waals surface area contributed by atoms with E-state index in [-0.39, 0.29) is 10.6 Å². The molecule has 0 saturated carbocycles.